The number of fused-ring (bicyclic) bond motifs is 1. The normalized spacial score (nSPS) is 11.3. The summed E-state index contributed by atoms with van der Waals surface area (Å²) >= 11 is 13.8. The van der Waals surface area contributed by atoms with E-state index in [2.05, 4.69) is 4.98 Å². The molecule has 0 bridgehead atoms. The lowest BCUT2D eigenvalue weighted by Gasteiger charge is -2.08. The van der Waals surface area contributed by atoms with Gasteiger partial charge >= 0.3 is 5.97 Å². The molecule has 0 saturated carbocycles. The highest BCUT2D eigenvalue weighted by Gasteiger charge is 2.24. The number of aromatic nitrogens is 2. The van der Waals surface area contributed by atoms with Crippen LogP contribution in [0.25, 0.3) is 16.2 Å². The number of thiazole rings is 1. The minimum atomic E-state index is -1.00. The minimum Gasteiger partial charge on any atom is -0.477 e. The van der Waals surface area contributed by atoms with Gasteiger partial charge in [0.25, 0.3) is 0 Å². The van der Waals surface area contributed by atoms with Crippen LogP contribution in [0, 0.1) is 6.92 Å². The molecule has 2 aromatic heterocycles. The second-order valence-corrected chi connectivity index (χ2v) is 6.73. The Morgan fingerprint density at radius 1 is 1.41 bits per heavy atom. The molecule has 0 saturated heterocycles. The van der Waals surface area contributed by atoms with Gasteiger partial charge in [-0.2, -0.15) is 0 Å². The van der Waals surface area contributed by atoms with Gasteiger partial charge in [0, 0.05) is 15.5 Å². The zero-order valence-electron chi connectivity index (χ0n) is 11.9. The van der Waals surface area contributed by atoms with Gasteiger partial charge in [0.15, 0.2) is 10.7 Å². The Balaban J connectivity index is 2.42. The summed E-state index contributed by atoms with van der Waals surface area (Å²) < 4.78 is 1.68. The first-order valence-electron chi connectivity index (χ1n) is 6.63. The summed E-state index contributed by atoms with van der Waals surface area (Å²) in [6, 6.07) is 5.22. The number of halogens is 2. The number of hydrogen-bond donors (Lipinski definition) is 1. The van der Waals surface area contributed by atoms with Crippen molar-refractivity contribution in [3.8, 4) is 11.3 Å². The van der Waals surface area contributed by atoms with Crippen LogP contribution in [0.4, 0.5) is 0 Å². The Morgan fingerprint density at radius 2 is 2.14 bits per heavy atom. The standard InChI is InChI=1S/C15H12Cl2N2O2S/c1-3-11-13(9-5-4-8(16)6-10(9)17)19-12(14(20)21)7(2)18-15(19)22-11/h4-6H,3H2,1-2H3,(H,20,21). The van der Waals surface area contributed by atoms with E-state index in [0.717, 1.165) is 22.6 Å². The molecule has 0 amide bonds. The Labute approximate surface area is 140 Å². The highest BCUT2D eigenvalue weighted by molar-refractivity contribution is 7.17. The topological polar surface area (TPSA) is 54.6 Å². The summed E-state index contributed by atoms with van der Waals surface area (Å²) in [7, 11) is 0. The van der Waals surface area contributed by atoms with Crippen LogP contribution < -0.4 is 0 Å². The monoisotopic (exact) mass is 354 g/mol. The van der Waals surface area contributed by atoms with Crippen molar-refractivity contribution in [3.63, 3.8) is 0 Å². The van der Waals surface area contributed by atoms with Gasteiger partial charge in [-0.1, -0.05) is 30.1 Å². The fraction of sp³-hybridized carbons (Fsp3) is 0.200. The third-order valence-electron chi connectivity index (χ3n) is 3.43. The summed E-state index contributed by atoms with van der Waals surface area (Å²) in [6.45, 7) is 3.72. The molecule has 114 valence electrons. The van der Waals surface area contributed by atoms with Crippen LogP contribution in [-0.4, -0.2) is 20.5 Å². The van der Waals surface area contributed by atoms with Crippen molar-refractivity contribution < 1.29 is 9.90 Å². The largest absolute Gasteiger partial charge is 0.477 e. The quantitative estimate of drug-likeness (QED) is 0.724. The summed E-state index contributed by atoms with van der Waals surface area (Å²) in [5.41, 5.74) is 2.20. The molecule has 0 aliphatic heterocycles. The van der Waals surface area contributed by atoms with E-state index in [1.807, 2.05) is 13.0 Å². The van der Waals surface area contributed by atoms with Crippen LogP contribution in [0.1, 0.15) is 28.0 Å². The van der Waals surface area contributed by atoms with E-state index >= 15 is 0 Å². The lowest BCUT2D eigenvalue weighted by atomic mass is 10.1. The number of rotatable bonds is 3. The zero-order chi connectivity index (χ0) is 16.0. The third kappa shape index (κ3) is 2.29. The highest BCUT2D eigenvalue weighted by Crippen LogP contribution is 2.38. The van der Waals surface area contributed by atoms with E-state index in [4.69, 9.17) is 23.2 Å². The average Bonchev–Trinajstić information content (AvgIpc) is 2.93. The smallest absolute Gasteiger partial charge is 0.354 e. The van der Waals surface area contributed by atoms with Crippen LogP contribution in [0.3, 0.4) is 0 Å². The highest BCUT2D eigenvalue weighted by atomic mass is 35.5. The predicted molar refractivity (Wildman–Crippen MR) is 89.6 cm³/mol. The minimum absolute atomic E-state index is 0.173. The number of carboxylic acid groups (broad SMARTS) is 1. The number of aromatic carboxylic acids is 1. The number of benzene rings is 1. The first kappa shape index (κ1) is 15.3. The molecular formula is C15H12Cl2N2O2S. The summed E-state index contributed by atoms with van der Waals surface area (Å²) in [5, 5.41) is 10.5. The number of carboxylic acids is 1. The van der Waals surface area contributed by atoms with Crippen LogP contribution in [0.2, 0.25) is 10.0 Å². The fourth-order valence-corrected chi connectivity index (χ4v) is 4.12. The van der Waals surface area contributed by atoms with Crippen molar-refractivity contribution in [2.24, 2.45) is 0 Å². The number of nitrogens with zero attached hydrogens (tertiary/aromatic N) is 2. The Morgan fingerprint density at radius 3 is 2.73 bits per heavy atom. The van der Waals surface area contributed by atoms with Gasteiger partial charge in [-0.15, -0.1) is 11.3 Å². The Kier molecular flexibility index (Phi) is 3.89. The summed E-state index contributed by atoms with van der Waals surface area (Å²) in [4.78, 5) is 17.7. The van der Waals surface area contributed by atoms with E-state index in [1.165, 1.54) is 11.3 Å². The molecule has 0 unspecified atom stereocenters. The SMILES string of the molecule is CCc1sc2nc(C)c(C(=O)O)n2c1-c1ccc(Cl)cc1Cl. The van der Waals surface area contributed by atoms with Gasteiger partial charge in [0.1, 0.15) is 0 Å². The molecular weight excluding hydrogens is 343 g/mol. The fourth-order valence-electron chi connectivity index (χ4n) is 2.51. The Hall–Kier alpha value is -1.56. The average molecular weight is 355 g/mol. The van der Waals surface area contributed by atoms with Gasteiger partial charge in [-0.05, 0) is 31.5 Å². The number of aryl methyl sites for hydroxylation is 2. The lowest BCUT2D eigenvalue weighted by Crippen LogP contribution is -2.05. The molecule has 22 heavy (non-hydrogen) atoms. The first-order chi connectivity index (χ1) is 10.4. The summed E-state index contributed by atoms with van der Waals surface area (Å²) in [6.07, 6.45) is 0.764. The molecule has 0 spiro atoms. The van der Waals surface area contributed by atoms with E-state index in [9.17, 15) is 9.90 Å². The maximum Gasteiger partial charge on any atom is 0.354 e. The molecule has 3 rings (SSSR count). The van der Waals surface area contributed by atoms with Crippen LogP contribution in [0.15, 0.2) is 18.2 Å². The summed E-state index contributed by atoms with van der Waals surface area (Å²) in [5.74, 6) is -1.00. The molecule has 4 nitrogen and oxygen atoms in total. The van der Waals surface area contributed by atoms with Gasteiger partial charge in [0.05, 0.1) is 16.4 Å². The molecule has 0 aliphatic rings. The van der Waals surface area contributed by atoms with E-state index < -0.39 is 5.97 Å². The molecule has 1 N–H and O–H groups in total. The predicted octanol–water partition coefficient (Wildman–Crippen LogP) is 4.94. The molecule has 0 atom stereocenters. The van der Waals surface area contributed by atoms with Crippen molar-refractivity contribution in [3.05, 3.63) is 44.5 Å². The zero-order valence-corrected chi connectivity index (χ0v) is 14.2. The second-order valence-electron chi connectivity index (χ2n) is 4.82. The number of imidazole rings is 1. The molecule has 7 heteroatoms. The van der Waals surface area contributed by atoms with E-state index in [1.54, 1.807) is 23.5 Å². The second kappa shape index (κ2) is 5.57. The maximum atomic E-state index is 11.6. The first-order valence-corrected chi connectivity index (χ1v) is 8.20. The Bertz CT molecular complexity index is 899. The van der Waals surface area contributed by atoms with Crippen molar-refractivity contribution in [1.82, 2.24) is 9.38 Å². The van der Waals surface area contributed by atoms with Gasteiger partial charge in [-0.25, -0.2) is 9.78 Å². The molecule has 0 aliphatic carbocycles. The van der Waals surface area contributed by atoms with Crippen LogP contribution in [-0.2, 0) is 6.42 Å². The third-order valence-corrected chi connectivity index (χ3v) is 5.17. The van der Waals surface area contributed by atoms with Crippen molar-refractivity contribution in [2.75, 3.05) is 0 Å². The van der Waals surface area contributed by atoms with Crippen LogP contribution in [0.5, 0.6) is 0 Å². The maximum absolute atomic E-state index is 11.6. The van der Waals surface area contributed by atoms with Crippen molar-refractivity contribution >= 4 is 45.5 Å². The van der Waals surface area contributed by atoms with E-state index in [-0.39, 0.29) is 5.69 Å². The number of carbonyl (C=O) groups is 1. The molecule has 2 heterocycles. The molecule has 3 aromatic rings. The van der Waals surface area contributed by atoms with Crippen LogP contribution >= 0.6 is 34.5 Å². The van der Waals surface area contributed by atoms with Gasteiger partial charge in [0.2, 0.25) is 0 Å². The molecule has 1 aromatic carbocycles. The van der Waals surface area contributed by atoms with Crippen molar-refractivity contribution in [1.29, 1.82) is 0 Å². The molecule has 0 fully saturated rings. The number of hydrogen-bond acceptors (Lipinski definition) is 3. The van der Waals surface area contributed by atoms with Gasteiger partial charge in [-0.3, -0.25) is 4.40 Å². The van der Waals surface area contributed by atoms with Crippen molar-refractivity contribution in [2.45, 2.75) is 20.3 Å². The molecule has 0 radical (unpaired) electrons. The lowest BCUT2D eigenvalue weighted by molar-refractivity contribution is 0.0688. The van der Waals surface area contributed by atoms with E-state index in [0.29, 0.717) is 20.7 Å². The van der Waals surface area contributed by atoms with Gasteiger partial charge < -0.3 is 5.11 Å².